The van der Waals surface area contributed by atoms with E-state index in [0.717, 1.165) is 6.42 Å². The number of hydrogen-bond acceptors (Lipinski definition) is 3. The van der Waals surface area contributed by atoms with Crippen LogP contribution in [0.4, 0.5) is 0 Å². The monoisotopic (exact) mass is 179 g/mol. The molecule has 3 atom stereocenters. The first-order chi connectivity index (χ1) is 6.27. The molecule has 3 heteroatoms. The van der Waals surface area contributed by atoms with Gasteiger partial charge >= 0.3 is 0 Å². The predicted molar refractivity (Wildman–Crippen MR) is 49.0 cm³/mol. The number of benzene rings is 1. The largest absolute Gasteiger partial charge is 0.366 e. The first-order valence-electron chi connectivity index (χ1n) is 4.40. The van der Waals surface area contributed by atoms with Gasteiger partial charge in [0.1, 0.15) is 6.10 Å². The van der Waals surface area contributed by atoms with Gasteiger partial charge in [-0.2, -0.15) is 0 Å². The Morgan fingerprint density at radius 3 is 2.54 bits per heavy atom. The summed E-state index contributed by atoms with van der Waals surface area (Å²) >= 11 is 0. The van der Waals surface area contributed by atoms with Crippen LogP contribution in [0.25, 0.3) is 0 Å². The fourth-order valence-electron chi connectivity index (χ4n) is 1.43. The van der Waals surface area contributed by atoms with Crippen LogP contribution in [-0.2, 0) is 11.2 Å². The average Bonchev–Trinajstić information content (AvgIpc) is 2.84. The van der Waals surface area contributed by atoms with Gasteiger partial charge < -0.3 is 15.6 Å². The van der Waals surface area contributed by atoms with E-state index in [2.05, 4.69) is 0 Å². The molecule has 0 saturated carbocycles. The zero-order valence-electron chi connectivity index (χ0n) is 7.26. The van der Waals surface area contributed by atoms with Crippen LogP contribution in [0.5, 0.6) is 0 Å². The highest BCUT2D eigenvalue weighted by molar-refractivity contribution is 5.16. The van der Waals surface area contributed by atoms with Gasteiger partial charge in [0, 0.05) is 6.04 Å². The van der Waals surface area contributed by atoms with Gasteiger partial charge in [0.25, 0.3) is 0 Å². The van der Waals surface area contributed by atoms with E-state index in [0.29, 0.717) is 0 Å². The molecule has 1 saturated heterocycles. The summed E-state index contributed by atoms with van der Waals surface area (Å²) in [5.41, 5.74) is 6.99. The van der Waals surface area contributed by atoms with Gasteiger partial charge in [0.2, 0.25) is 0 Å². The van der Waals surface area contributed by atoms with Gasteiger partial charge in [-0.1, -0.05) is 30.3 Å². The molecule has 2 unspecified atom stereocenters. The highest BCUT2D eigenvalue weighted by Gasteiger charge is 2.41. The Hall–Kier alpha value is -0.900. The van der Waals surface area contributed by atoms with Crippen molar-refractivity contribution in [3.05, 3.63) is 35.9 Å². The molecule has 0 amide bonds. The van der Waals surface area contributed by atoms with Crippen molar-refractivity contribution in [2.45, 2.75) is 24.9 Å². The van der Waals surface area contributed by atoms with Gasteiger partial charge in [-0.3, -0.25) is 0 Å². The molecule has 3 nitrogen and oxygen atoms in total. The van der Waals surface area contributed by atoms with Gasteiger partial charge in [0.15, 0.2) is 6.29 Å². The molecule has 1 aliphatic heterocycles. The van der Waals surface area contributed by atoms with E-state index in [1.165, 1.54) is 5.56 Å². The molecule has 0 radical (unpaired) electrons. The molecule has 1 aromatic carbocycles. The summed E-state index contributed by atoms with van der Waals surface area (Å²) in [5.74, 6) is 0. The van der Waals surface area contributed by atoms with Crippen molar-refractivity contribution in [1.82, 2.24) is 0 Å². The van der Waals surface area contributed by atoms with E-state index in [1.54, 1.807) is 0 Å². The lowest BCUT2D eigenvalue weighted by Gasteiger charge is -2.07. The molecule has 1 fully saturated rings. The van der Waals surface area contributed by atoms with Crippen LogP contribution in [-0.4, -0.2) is 23.5 Å². The summed E-state index contributed by atoms with van der Waals surface area (Å²) in [5, 5.41) is 8.97. The lowest BCUT2D eigenvalue weighted by molar-refractivity contribution is 0.155. The third-order valence-electron chi connectivity index (χ3n) is 2.24. The number of epoxide rings is 1. The van der Waals surface area contributed by atoms with Crippen molar-refractivity contribution in [1.29, 1.82) is 0 Å². The maximum atomic E-state index is 8.97. The zero-order chi connectivity index (χ0) is 9.26. The maximum Gasteiger partial charge on any atom is 0.183 e. The number of nitrogens with two attached hydrogens (primary N) is 1. The Bertz CT molecular complexity index is 276. The third-order valence-corrected chi connectivity index (χ3v) is 2.24. The normalized spacial score (nSPS) is 28.5. The number of ether oxygens (including phenoxy) is 1. The van der Waals surface area contributed by atoms with Crippen LogP contribution in [0.3, 0.4) is 0 Å². The second-order valence-electron chi connectivity index (χ2n) is 3.34. The Kier molecular flexibility index (Phi) is 2.31. The minimum atomic E-state index is -0.640. The molecular formula is C10H13NO2. The van der Waals surface area contributed by atoms with Gasteiger partial charge in [0.05, 0.1) is 0 Å². The quantitative estimate of drug-likeness (QED) is 0.655. The molecule has 3 N–H and O–H groups in total. The Labute approximate surface area is 77.1 Å². The Morgan fingerprint density at radius 2 is 2.00 bits per heavy atom. The summed E-state index contributed by atoms with van der Waals surface area (Å²) in [6, 6.07) is 9.87. The number of hydrogen-bond donors (Lipinski definition) is 2. The summed E-state index contributed by atoms with van der Waals surface area (Å²) in [4.78, 5) is 0. The fraction of sp³-hybridized carbons (Fsp3) is 0.400. The molecule has 0 bridgehead atoms. The number of rotatable bonds is 3. The fourth-order valence-corrected chi connectivity index (χ4v) is 1.43. The second-order valence-corrected chi connectivity index (χ2v) is 3.34. The van der Waals surface area contributed by atoms with Crippen molar-refractivity contribution in [3.63, 3.8) is 0 Å². The van der Waals surface area contributed by atoms with Crippen molar-refractivity contribution in [3.8, 4) is 0 Å². The summed E-state index contributed by atoms with van der Waals surface area (Å²) in [6.07, 6.45) is -0.0540. The second kappa shape index (κ2) is 3.46. The predicted octanol–water partition coefficient (Wildman–Crippen LogP) is 0.274. The van der Waals surface area contributed by atoms with E-state index in [-0.39, 0.29) is 12.1 Å². The zero-order valence-corrected chi connectivity index (χ0v) is 7.26. The van der Waals surface area contributed by atoms with Crippen LogP contribution in [0.2, 0.25) is 0 Å². The molecule has 13 heavy (non-hydrogen) atoms. The lowest BCUT2D eigenvalue weighted by Crippen LogP contribution is -2.30. The number of aliphatic hydroxyl groups excluding tert-OH is 1. The van der Waals surface area contributed by atoms with Crippen molar-refractivity contribution >= 4 is 0 Å². The van der Waals surface area contributed by atoms with Gasteiger partial charge in [-0.05, 0) is 12.0 Å². The minimum absolute atomic E-state index is 0.0996. The van der Waals surface area contributed by atoms with Gasteiger partial charge in [-0.15, -0.1) is 0 Å². The molecular weight excluding hydrogens is 166 g/mol. The first kappa shape index (κ1) is 8.69. The average molecular weight is 179 g/mol. The van der Waals surface area contributed by atoms with Crippen molar-refractivity contribution in [2.24, 2.45) is 5.73 Å². The molecule has 2 rings (SSSR count). The topological polar surface area (TPSA) is 58.8 Å². The highest BCUT2D eigenvalue weighted by atomic mass is 16.7. The standard InChI is InChI=1S/C10H13NO2/c11-8(9-10(12)13-9)6-7-4-2-1-3-5-7/h1-5,8-10,12H,6,11H2/t8-,9?,10?/m0/s1. The molecule has 0 spiro atoms. The van der Waals surface area contributed by atoms with Crippen molar-refractivity contribution < 1.29 is 9.84 Å². The summed E-state index contributed by atoms with van der Waals surface area (Å²) in [6.45, 7) is 0. The van der Waals surface area contributed by atoms with E-state index in [4.69, 9.17) is 15.6 Å². The molecule has 1 heterocycles. The molecule has 1 aliphatic rings. The van der Waals surface area contributed by atoms with Crippen molar-refractivity contribution in [2.75, 3.05) is 0 Å². The van der Waals surface area contributed by atoms with Gasteiger partial charge in [-0.25, -0.2) is 0 Å². The molecule has 70 valence electrons. The molecule has 1 aromatic rings. The van der Waals surface area contributed by atoms with E-state index < -0.39 is 6.29 Å². The highest BCUT2D eigenvalue weighted by Crippen LogP contribution is 2.23. The van der Waals surface area contributed by atoms with Crippen LogP contribution in [0.15, 0.2) is 30.3 Å². The van der Waals surface area contributed by atoms with Crippen LogP contribution in [0.1, 0.15) is 5.56 Å². The summed E-state index contributed by atoms with van der Waals surface area (Å²) in [7, 11) is 0. The number of aliphatic hydroxyl groups is 1. The van der Waals surface area contributed by atoms with E-state index >= 15 is 0 Å². The van der Waals surface area contributed by atoms with Crippen LogP contribution >= 0.6 is 0 Å². The first-order valence-corrected chi connectivity index (χ1v) is 4.40. The van der Waals surface area contributed by atoms with E-state index in [9.17, 15) is 0 Å². The minimum Gasteiger partial charge on any atom is -0.366 e. The molecule has 0 aromatic heterocycles. The van der Waals surface area contributed by atoms with Crippen LogP contribution in [0, 0.1) is 0 Å². The Morgan fingerprint density at radius 1 is 1.38 bits per heavy atom. The smallest absolute Gasteiger partial charge is 0.183 e. The van der Waals surface area contributed by atoms with E-state index in [1.807, 2.05) is 30.3 Å². The lowest BCUT2D eigenvalue weighted by atomic mass is 10.0. The third kappa shape index (κ3) is 2.06. The SMILES string of the molecule is N[C@@H](Cc1ccccc1)C1OC1O. The van der Waals surface area contributed by atoms with Crippen LogP contribution < -0.4 is 5.73 Å². The summed E-state index contributed by atoms with van der Waals surface area (Å²) < 4.78 is 4.88. The Balaban J connectivity index is 1.91. The maximum absolute atomic E-state index is 8.97. The molecule has 0 aliphatic carbocycles.